The minimum atomic E-state index is -0.557. The van der Waals surface area contributed by atoms with Gasteiger partial charge in [0.15, 0.2) is 0 Å². The van der Waals surface area contributed by atoms with Gasteiger partial charge in [-0.3, -0.25) is 0 Å². The molecule has 3 rings (SSSR count). The molecule has 0 aliphatic carbocycles. The van der Waals surface area contributed by atoms with Crippen LogP contribution in [-0.2, 0) is 0 Å². The van der Waals surface area contributed by atoms with Crippen LogP contribution < -0.4 is 0 Å². The van der Waals surface area contributed by atoms with Crippen LogP contribution in [0.5, 0.6) is 0 Å². The van der Waals surface area contributed by atoms with E-state index < -0.39 is 6.10 Å². The molecule has 1 atom stereocenters. The van der Waals surface area contributed by atoms with Crippen LogP contribution in [0.1, 0.15) is 11.7 Å². The molecule has 20 heavy (non-hydrogen) atoms. The SMILES string of the molecule is O[C@@H](CBr)c1cc2ccc(Cl)cc2c2cc(Cl)ccc12. The van der Waals surface area contributed by atoms with E-state index in [2.05, 4.69) is 15.9 Å². The zero-order valence-corrected chi connectivity index (χ0v) is 13.5. The van der Waals surface area contributed by atoms with Crippen LogP contribution in [0.25, 0.3) is 21.5 Å². The zero-order valence-electron chi connectivity index (χ0n) is 10.4. The summed E-state index contributed by atoms with van der Waals surface area (Å²) in [6.07, 6.45) is -0.557. The Labute approximate surface area is 135 Å². The first-order chi connectivity index (χ1) is 9.60. The molecule has 3 aromatic carbocycles. The second-order valence-electron chi connectivity index (χ2n) is 4.69. The molecule has 0 heterocycles. The molecule has 0 saturated carbocycles. The lowest BCUT2D eigenvalue weighted by Gasteiger charge is -2.14. The standard InChI is InChI=1S/C16H11BrCl2O/c17-8-16(20)15-5-9-1-2-10(18)6-13(9)14-7-11(19)3-4-12(14)15/h1-7,16,20H,8H2/t16-/m0/s1. The van der Waals surface area contributed by atoms with Gasteiger partial charge < -0.3 is 5.11 Å². The maximum atomic E-state index is 10.2. The van der Waals surface area contributed by atoms with Crippen molar-refractivity contribution >= 4 is 60.7 Å². The summed E-state index contributed by atoms with van der Waals surface area (Å²) < 4.78 is 0. The van der Waals surface area contributed by atoms with E-state index in [1.54, 1.807) is 0 Å². The van der Waals surface area contributed by atoms with E-state index in [1.807, 2.05) is 42.5 Å². The first-order valence-corrected chi connectivity index (χ1v) is 8.03. The molecule has 0 amide bonds. The summed E-state index contributed by atoms with van der Waals surface area (Å²) in [5.74, 6) is 0. The van der Waals surface area contributed by atoms with Gasteiger partial charge in [0.2, 0.25) is 0 Å². The fraction of sp³-hybridized carbons (Fsp3) is 0.125. The third kappa shape index (κ3) is 2.42. The van der Waals surface area contributed by atoms with Gasteiger partial charge in [-0.2, -0.15) is 0 Å². The van der Waals surface area contributed by atoms with Gasteiger partial charge in [0.05, 0.1) is 6.10 Å². The van der Waals surface area contributed by atoms with Gasteiger partial charge >= 0.3 is 0 Å². The summed E-state index contributed by atoms with van der Waals surface area (Å²) in [7, 11) is 0. The van der Waals surface area contributed by atoms with E-state index in [9.17, 15) is 5.11 Å². The van der Waals surface area contributed by atoms with E-state index in [4.69, 9.17) is 23.2 Å². The second-order valence-corrected chi connectivity index (χ2v) is 6.21. The third-order valence-corrected chi connectivity index (χ3v) is 4.50. The van der Waals surface area contributed by atoms with E-state index in [0.717, 1.165) is 27.1 Å². The number of rotatable bonds is 2. The molecule has 0 unspecified atom stereocenters. The maximum Gasteiger partial charge on any atom is 0.0893 e. The Morgan fingerprint density at radius 1 is 0.900 bits per heavy atom. The smallest absolute Gasteiger partial charge is 0.0893 e. The molecule has 0 fully saturated rings. The van der Waals surface area contributed by atoms with Gasteiger partial charge in [0.1, 0.15) is 0 Å². The lowest BCUT2D eigenvalue weighted by Crippen LogP contribution is -1.99. The number of halogens is 3. The highest BCUT2D eigenvalue weighted by Gasteiger charge is 2.13. The quantitative estimate of drug-likeness (QED) is 0.451. The van der Waals surface area contributed by atoms with E-state index in [1.165, 1.54) is 0 Å². The fourth-order valence-corrected chi connectivity index (χ4v) is 3.18. The predicted molar refractivity (Wildman–Crippen MR) is 90.2 cm³/mol. The Hall–Kier alpha value is -0.800. The molecule has 0 aliphatic rings. The highest BCUT2D eigenvalue weighted by atomic mass is 79.9. The maximum absolute atomic E-state index is 10.2. The first kappa shape index (κ1) is 14.2. The average molecular weight is 370 g/mol. The highest BCUT2D eigenvalue weighted by molar-refractivity contribution is 9.09. The Bertz CT molecular complexity index is 801. The first-order valence-electron chi connectivity index (χ1n) is 6.15. The minimum absolute atomic E-state index is 0.490. The van der Waals surface area contributed by atoms with Crippen LogP contribution in [-0.4, -0.2) is 10.4 Å². The molecular formula is C16H11BrCl2O. The molecule has 0 bridgehead atoms. The van der Waals surface area contributed by atoms with Crippen molar-refractivity contribution in [3.63, 3.8) is 0 Å². The molecule has 4 heteroatoms. The summed E-state index contributed by atoms with van der Waals surface area (Å²) in [6, 6.07) is 13.4. The molecule has 0 radical (unpaired) electrons. The lowest BCUT2D eigenvalue weighted by atomic mass is 9.95. The summed E-state index contributed by atoms with van der Waals surface area (Å²) in [5, 5.41) is 16.1. The van der Waals surface area contributed by atoms with Gasteiger partial charge in [-0.1, -0.05) is 51.3 Å². The van der Waals surface area contributed by atoms with Crippen molar-refractivity contribution in [3.05, 3.63) is 58.1 Å². The molecule has 102 valence electrons. The summed E-state index contributed by atoms with van der Waals surface area (Å²) in [5.41, 5.74) is 0.892. The minimum Gasteiger partial charge on any atom is -0.388 e. The highest BCUT2D eigenvalue weighted by Crippen LogP contribution is 2.35. The van der Waals surface area contributed by atoms with E-state index in [0.29, 0.717) is 15.4 Å². The molecular weight excluding hydrogens is 359 g/mol. The molecule has 0 aliphatic heterocycles. The number of hydrogen-bond donors (Lipinski definition) is 1. The third-order valence-electron chi connectivity index (χ3n) is 3.41. The summed E-state index contributed by atoms with van der Waals surface area (Å²) >= 11 is 15.5. The number of alkyl halides is 1. The van der Waals surface area contributed by atoms with Gasteiger partial charge in [-0.25, -0.2) is 0 Å². The predicted octanol–water partition coefficient (Wildman–Crippen LogP) is 5.73. The Morgan fingerprint density at radius 3 is 2.25 bits per heavy atom. The van der Waals surface area contributed by atoms with E-state index >= 15 is 0 Å². The topological polar surface area (TPSA) is 20.2 Å². The van der Waals surface area contributed by atoms with Crippen molar-refractivity contribution in [2.45, 2.75) is 6.10 Å². The number of benzene rings is 3. The number of aliphatic hydroxyl groups is 1. The normalized spacial score (nSPS) is 13.0. The van der Waals surface area contributed by atoms with Crippen molar-refractivity contribution in [2.24, 2.45) is 0 Å². The Balaban J connectivity index is 2.48. The zero-order chi connectivity index (χ0) is 14.3. The van der Waals surface area contributed by atoms with Gasteiger partial charge in [0, 0.05) is 15.4 Å². The average Bonchev–Trinajstić information content (AvgIpc) is 2.45. The lowest BCUT2D eigenvalue weighted by molar-refractivity contribution is 0.207. The molecule has 1 N–H and O–H groups in total. The molecule has 0 saturated heterocycles. The molecule has 0 aromatic heterocycles. The second kappa shape index (κ2) is 5.53. The number of aliphatic hydroxyl groups excluding tert-OH is 1. The van der Waals surface area contributed by atoms with Crippen molar-refractivity contribution in [2.75, 3.05) is 5.33 Å². The summed E-state index contributed by atoms with van der Waals surface area (Å²) in [6.45, 7) is 0. The van der Waals surface area contributed by atoms with Gasteiger partial charge in [0.25, 0.3) is 0 Å². The largest absolute Gasteiger partial charge is 0.388 e. The van der Waals surface area contributed by atoms with Crippen molar-refractivity contribution in [1.82, 2.24) is 0 Å². The fourth-order valence-electron chi connectivity index (χ4n) is 2.48. The van der Waals surface area contributed by atoms with Crippen LogP contribution >= 0.6 is 39.1 Å². The van der Waals surface area contributed by atoms with Crippen LogP contribution in [0.3, 0.4) is 0 Å². The van der Waals surface area contributed by atoms with Crippen LogP contribution in [0.2, 0.25) is 10.0 Å². The van der Waals surface area contributed by atoms with Crippen LogP contribution in [0, 0.1) is 0 Å². The van der Waals surface area contributed by atoms with Gasteiger partial charge in [-0.05, 0) is 57.4 Å². The Kier molecular flexibility index (Phi) is 3.91. The van der Waals surface area contributed by atoms with Crippen LogP contribution in [0.4, 0.5) is 0 Å². The number of fused-ring (bicyclic) bond motifs is 3. The van der Waals surface area contributed by atoms with Crippen molar-refractivity contribution in [3.8, 4) is 0 Å². The summed E-state index contributed by atoms with van der Waals surface area (Å²) in [4.78, 5) is 0. The van der Waals surface area contributed by atoms with Crippen molar-refractivity contribution in [1.29, 1.82) is 0 Å². The number of hydrogen-bond acceptors (Lipinski definition) is 1. The molecule has 3 aromatic rings. The monoisotopic (exact) mass is 368 g/mol. The Morgan fingerprint density at radius 2 is 1.55 bits per heavy atom. The van der Waals surface area contributed by atoms with Crippen molar-refractivity contribution < 1.29 is 5.11 Å². The van der Waals surface area contributed by atoms with Crippen LogP contribution in [0.15, 0.2) is 42.5 Å². The molecule has 1 nitrogen and oxygen atoms in total. The van der Waals surface area contributed by atoms with E-state index in [-0.39, 0.29) is 0 Å². The molecule has 0 spiro atoms. The van der Waals surface area contributed by atoms with Gasteiger partial charge in [-0.15, -0.1) is 0 Å².